The van der Waals surface area contributed by atoms with Gasteiger partial charge in [0.2, 0.25) is 0 Å². The quantitative estimate of drug-likeness (QED) is 0.679. The molecule has 6 nitrogen and oxygen atoms in total. The van der Waals surface area contributed by atoms with Crippen LogP contribution in [0.25, 0.3) is 0 Å². The van der Waals surface area contributed by atoms with E-state index in [9.17, 15) is 4.79 Å². The van der Waals surface area contributed by atoms with Gasteiger partial charge >= 0.3 is 5.97 Å². The van der Waals surface area contributed by atoms with Gasteiger partial charge in [0.25, 0.3) is 0 Å². The number of rotatable bonds is 8. The number of halogens is 1. The molecular formula is C13H22ClN3O3. The predicted octanol–water partition coefficient (Wildman–Crippen LogP) is 1.39. The number of hydrogen-bond acceptors (Lipinski definition) is 5. The second-order valence-electron chi connectivity index (χ2n) is 4.57. The molecule has 0 atom stereocenters. The molecule has 1 rings (SSSR count). The minimum atomic E-state index is -0.221. The normalized spacial score (nSPS) is 11.1. The Morgan fingerprint density at radius 3 is 2.60 bits per heavy atom. The number of carbonyl (C=O) groups excluding carboxylic acids is 1. The van der Waals surface area contributed by atoms with Crippen molar-refractivity contribution in [3.8, 4) is 0 Å². The zero-order valence-electron chi connectivity index (χ0n) is 12.5. The van der Waals surface area contributed by atoms with E-state index in [0.717, 1.165) is 17.8 Å². The van der Waals surface area contributed by atoms with Crippen LogP contribution in [0.4, 0.5) is 0 Å². The molecule has 0 aliphatic heterocycles. The van der Waals surface area contributed by atoms with Gasteiger partial charge in [-0.25, -0.2) is 0 Å². The molecule has 0 aromatic carbocycles. The van der Waals surface area contributed by atoms with Crippen LogP contribution in [0.5, 0.6) is 0 Å². The van der Waals surface area contributed by atoms with E-state index in [2.05, 4.69) is 14.7 Å². The summed E-state index contributed by atoms with van der Waals surface area (Å²) in [6, 6.07) is 0. The van der Waals surface area contributed by atoms with Gasteiger partial charge in [0.15, 0.2) is 0 Å². The maximum absolute atomic E-state index is 11.3. The Bertz CT molecular complexity index is 448. The molecule has 0 aliphatic rings. The van der Waals surface area contributed by atoms with Gasteiger partial charge in [-0.3, -0.25) is 14.4 Å². The van der Waals surface area contributed by atoms with Crippen molar-refractivity contribution in [1.82, 2.24) is 14.7 Å². The summed E-state index contributed by atoms with van der Waals surface area (Å²) in [5.41, 5.74) is 1.88. The van der Waals surface area contributed by atoms with Crippen molar-refractivity contribution >= 4 is 17.6 Å². The predicted molar refractivity (Wildman–Crippen MR) is 76.7 cm³/mol. The van der Waals surface area contributed by atoms with Crippen LogP contribution < -0.4 is 0 Å². The zero-order chi connectivity index (χ0) is 15.1. The minimum absolute atomic E-state index is 0.221. The molecule has 0 saturated carbocycles. The maximum atomic E-state index is 11.3. The third-order valence-corrected chi connectivity index (χ3v) is 3.60. The summed E-state index contributed by atoms with van der Waals surface area (Å²) in [6.07, 6.45) is 0.344. The van der Waals surface area contributed by atoms with Crippen LogP contribution in [0, 0.1) is 6.92 Å². The van der Waals surface area contributed by atoms with E-state index in [4.69, 9.17) is 16.3 Å². The molecule has 1 aromatic rings. The van der Waals surface area contributed by atoms with Crippen LogP contribution in [0.15, 0.2) is 0 Å². The van der Waals surface area contributed by atoms with Gasteiger partial charge in [0.05, 0.1) is 25.8 Å². The van der Waals surface area contributed by atoms with Crippen LogP contribution in [-0.4, -0.2) is 54.6 Å². The molecule has 0 fully saturated rings. The van der Waals surface area contributed by atoms with E-state index in [1.54, 1.807) is 11.8 Å². The Hall–Kier alpha value is -1.11. The van der Waals surface area contributed by atoms with E-state index in [1.165, 1.54) is 7.11 Å². The summed E-state index contributed by atoms with van der Waals surface area (Å²) in [5.74, 6) is -0.221. The molecule has 0 saturated heterocycles. The zero-order valence-corrected chi connectivity index (χ0v) is 13.2. The summed E-state index contributed by atoms with van der Waals surface area (Å²) >= 11 is 6.23. The smallest absolute Gasteiger partial charge is 0.306 e. The number of carbonyl (C=O) groups is 1. The number of hydrogen-bond donors (Lipinski definition) is 0. The van der Waals surface area contributed by atoms with Crippen molar-refractivity contribution in [2.75, 3.05) is 33.9 Å². The molecule has 1 heterocycles. The number of aromatic nitrogens is 2. The van der Waals surface area contributed by atoms with Gasteiger partial charge in [-0.05, 0) is 6.92 Å². The fourth-order valence-corrected chi connectivity index (χ4v) is 2.15. The monoisotopic (exact) mass is 303 g/mol. The molecule has 1 aromatic heterocycles. The lowest BCUT2D eigenvalue weighted by Gasteiger charge is -2.21. The van der Waals surface area contributed by atoms with Crippen molar-refractivity contribution in [1.29, 1.82) is 0 Å². The summed E-state index contributed by atoms with van der Waals surface area (Å²) in [7, 11) is 4.86. The molecule has 0 unspecified atom stereocenters. The Labute approximate surface area is 124 Å². The number of ether oxygens (including phenoxy) is 2. The van der Waals surface area contributed by atoms with E-state index < -0.39 is 0 Å². The van der Waals surface area contributed by atoms with Crippen LogP contribution in [-0.2, 0) is 27.9 Å². The maximum Gasteiger partial charge on any atom is 0.306 e. The van der Waals surface area contributed by atoms with E-state index in [-0.39, 0.29) is 5.97 Å². The average Bonchev–Trinajstić information content (AvgIpc) is 2.67. The minimum Gasteiger partial charge on any atom is -0.469 e. The van der Waals surface area contributed by atoms with Crippen molar-refractivity contribution < 1.29 is 14.3 Å². The number of aryl methyl sites for hydroxylation is 2. The standard InChI is InChI=1S/C13H22ClN3O3/c1-10-11(13(14)16(2)15-10)9-17(7-8-19-3)6-5-12(18)20-4/h5-9H2,1-4H3. The van der Waals surface area contributed by atoms with Crippen LogP contribution in [0.3, 0.4) is 0 Å². The lowest BCUT2D eigenvalue weighted by molar-refractivity contribution is -0.141. The van der Waals surface area contributed by atoms with Crippen molar-refractivity contribution in [2.45, 2.75) is 19.9 Å². The molecule has 0 N–H and O–H groups in total. The summed E-state index contributed by atoms with van der Waals surface area (Å²) in [5, 5.41) is 4.92. The highest BCUT2D eigenvalue weighted by Gasteiger charge is 2.16. The Morgan fingerprint density at radius 2 is 2.10 bits per heavy atom. The lowest BCUT2D eigenvalue weighted by Crippen LogP contribution is -2.30. The molecular weight excluding hydrogens is 282 g/mol. The fourth-order valence-electron chi connectivity index (χ4n) is 1.92. The Morgan fingerprint density at radius 1 is 1.40 bits per heavy atom. The molecule has 0 bridgehead atoms. The van der Waals surface area contributed by atoms with E-state index in [1.807, 2.05) is 14.0 Å². The van der Waals surface area contributed by atoms with Gasteiger partial charge in [0, 0.05) is 39.4 Å². The highest BCUT2D eigenvalue weighted by atomic mass is 35.5. The number of esters is 1. The molecule has 0 spiro atoms. The molecule has 0 amide bonds. The largest absolute Gasteiger partial charge is 0.469 e. The molecule has 7 heteroatoms. The van der Waals surface area contributed by atoms with E-state index >= 15 is 0 Å². The first kappa shape index (κ1) is 16.9. The van der Waals surface area contributed by atoms with Gasteiger partial charge in [-0.1, -0.05) is 11.6 Å². The molecule has 20 heavy (non-hydrogen) atoms. The second kappa shape index (κ2) is 8.24. The molecule has 0 aliphatic carbocycles. The highest BCUT2D eigenvalue weighted by molar-refractivity contribution is 6.30. The Kier molecular flexibility index (Phi) is 6.98. The third kappa shape index (κ3) is 4.77. The molecule has 114 valence electrons. The summed E-state index contributed by atoms with van der Waals surface area (Å²) in [4.78, 5) is 13.4. The van der Waals surface area contributed by atoms with Gasteiger partial charge < -0.3 is 9.47 Å². The summed E-state index contributed by atoms with van der Waals surface area (Å²) in [6.45, 7) is 4.48. The first-order chi connectivity index (χ1) is 9.49. The summed E-state index contributed by atoms with van der Waals surface area (Å²) < 4.78 is 11.4. The second-order valence-corrected chi connectivity index (χ2v) is 4.93. The number of nitrogens with zero attached hydrogens (tertiary/aromatic N) is 3. The van der Waals surface area contributed by atoms with Gasteiger partial charge in [0.1, 0.15) is 5.15 Å². The average molecular weight is 304 g/mol. The van der Waals surface area contributed by atoms with E-state index in [0.29, 0.717) is 31.3 Å². The Balaban J connectivity index is 2.70. The van der Waals surface area contributed by atoms with Crippen molar-refractivity contribution in [3.63, 3.8) is 0 Å². The lowest BCUT2D eigenvalue weighted by atomic mass is 10.2. The van der Waals surface area contributed by atoms with Gasteiger partial charge in [-0.2, -0.15) is 5.10 Å². The van der Waals surface area contributed by atoms with Crippen LogP contribution in [0.2, 0.25) is 5.15 Å². The van der Waals surface area contributed by atoms with Gasteiger partial charge in [-0.15, -0.1) is 0 Å². The number of methoxy groups -OCH3 is 2. The van der Waals surface area contributed by atoms with Crippen LogP contribution >= 0.6 is 11.6 Å². The topological polar surface area (TPSA) is 56.6 Å². The van der Waals surface area contributed by atoms with Crippen LogP contribution in [0.1, 0.15) is 17.7 Å². The molecule has 0 radical (unpaired) electrons. The van der Waals surface area contributed by atoms with Crippen molar-refractivity contribution in [3.05, 3.63) is 16.4 Å². The fraction of sp³-hybridized carbons (Fsp3) is 0.692. The highest BCUT2D eigenvalue weighted by Crippen LogP contribution is 2.20. The van der Waals surface area contributed by atoms with Crippen molar-refractivity contribution in [2.24, 2.45) is 7.05 Å². The first-order valence-corrected chi connectivity index (χ1v) is 6.83. The SMILES string of the molecule is COCCN(CCC(=O)OC)Cc1c(C)nn(C)c1Cl. The first-order valence-electron chi connectivity index (χ1n) is 6.45. The third-order valence-electron chi connectivity index (χ3n) is 3.12.